The van der Waals surface area contributed by atoms with Crippen LogP contribution in [0.25, 0.3) is 0 Å². The first-order valence-electron chi connectivity index (χ1n) is 11.9. The number of aryl methyl sites for hydroxylation is 2. The summed E-state index contributed by atoms with van der Waals surface area (Å²) in [4.78, 5) is 27.8. The van der Waals surface area contributed by atoms with Gasteiger partial charge in [-0.25, -0.2) is 8.42 Å². The van der Waals surface area contributed by atoms with E-state index in [4.69, 9.17) is 4.74 Å². The molecule has 0 aliphatic rings. The number of nitrogens with one attached hydrogen (secondary N) is 1. The Hall–Kier alpha value is -3.85. The van der Waals surface area contributed by atoms with Crippen molar-refractivity contribution in [2.45, 2.75) is 38.3 Å². The lowest BCUT2D eigenvalue weighted by Gasteiger charge is -2.32. The Balaban J connectivity index is 2.02. The third-order valence-corrected chi connectivity index (χ3v) is 7.90. The lowest BCUT2D eigenvalue weighted by molar-refractivity contribution is -0.139. The van der Waals surface area contributed by atoms with Gasteiger partial charge in [0.2, 0.25) is 11.8 Å². The predicted molar refractivity (Wildman–Crippen MR) is 144 cm³/mol. The summed E-state index contributed by atoms with van der Waals surface area (Å²) in [5, 5.41) is 2.57. The Kier molecular flexibility index (Phi) is 8.94. The minimum Gasteiger partial charge on any atom is -0.497 e. The number of hydrogen-bond acceptors (Lipinski definition) is 5. The van der Waals surface area contributed by atoms with Crippen LogP contribution in [0.5, 0.6) is 5.75 Å². The molecule has 1 N–H and O–H groups in total. The van der Waals surface area contributed by atoms with Crippen LogP contribution in [-0.2, 0) is 26.2 Å². The molecule has 0 saturated heterocycles. The number of nitrogens with zero attached hydrogens (tertiary/aromatic N) is 2. The highest BCUT2D eigenvalue weighted by molar-refractivity contribution is 7.92. The second-order valence-corrected chi connectivity index (χ2v) is 10.7. The second-order valence-electron chi connectivity index (χ2n) is 8.82. The first kappa shape index (κ1) is 27.7. The van der Waals surface area contributed by atoms with E-state index in [9.17, 15) is 18.0 Å². The summed E-state index contributed by atoms with van der Waals surface area (Å²) in [5.74, 6) is -0.268. The summed E-state index contributed by atoms with van der Waals surface area (Å²) in [5.41, 5.74) is 2.97. The average molecular weight is 524 g/mol. The summed E-state index contributed by atoms with van der Waals surface area (Å²) in [7, 11) is -1.04. The van der Waals surface area contributed by atoms with Crippen LogP contribution in [0.3, 0.4) is 0 Å². The van der Waals surface area contributed by atoms with Gasteiger partial charge in [-0.15, -0.1) is 0 Å². The Morgan fingerprint density at radius 2 is 1.54 bits per heavy atom. The van der Waals surface area contributed by atoms with E-state index in [1.165, 1.54) is 24.1 Å². The van der Waals surface area contributed by atoms with Gasteiger partial charge in [0.15, 0.2) is 0 Å². The normalized spacial score (nSPS) is 11.9. The van der Waals surface area contributed by atoms with Crippen LogP contribution in [0.2, 0.25) is 0 Å². The molecule has 9 heteroatoms. The van der Waals surface area contributed by atoms with E-state index in [1.54, 1.807) is 68.6 Å². The number of ether oxygens (including phenoxy) is 1. The number of carbonyl (C=O) groups excluding carboxylic acids is 2. The summed E-state index contributed by atoms with van der Waals surface area (Å²) < 4.78 is 33.9. The highest BCUT2D eigenvalue weighted by Gasteiger charge is 2.32. The maximum Gasteiger partial charge on any atom is 0.264 e. The van der Waals surface area contributed by atoms with Crippen LogP contribution in [0.4, 0.5) is 5.69 Å². The van der Waals surface area contributed by atoms with Gasteiger partial charge in [0, 0.05) is 13.6 Å². The molecule has 8 nitrogen and oxygen atoms in total. The number of sulfonamides is 1. The van der Waals surface area contributed by atoms with Crippen molar-refractivity contribution in [2.24, 2.45) is 0 Å². The fourth-order valence-electron chi connectivity index (χ4n) is 3.84. The molecule has 0 unspecified atom stereocenters. The number of benzene rings is 3. The van der Waals surface area contributed by atoms with Gasteiger partial charge < -0.3 is 15.0 Å². The van der Waals surface area contributed by atoms with Crippen LogP contribution in [0.1, 0.15) is 23.6 Å². The van der Waals surface area contributed by atoms with Gasteiger partial charge >= 0.3 is 0 Å². The number of methoxy groups -OCH3 is 1. The molecule has 0 fully saturated rings. The first-order chi connectivity index (χ1) is 17.6. The number of hydrogen-bond donors (Lipinski definition) is 1. The Morgan fingerprint density at radius 1 is 0.946 bits per heavy atom. The third kappa shape index (κ3) is 6.68. The number of likely N-dealkylation sites (N-methyl/N-ethyl adjacent to an activating group) is 1. The van der Waals surface area contributed by atoms with E-state index >= 15 is 0 Å². The van der Waals surface area contributed by atoms with Gasteiger partial charge in [-0.05, 0) is 62.7 Å². The molecule has 3 aromatic carbocycles. The molecule has 1 atom stereocenters. The molecule has 0 aliphatic carbocycles. The minimum absolute atomic E-state index is 0.0742. The Morgan fingerprint density at radius 3 is 2.11 bits per heavy atom. The maximum atomic E-state index is 13.8. The molecule has 0 saturated carbocycles. The van der Waals surface area contributed by atoms with Gasteiger partial charge in [0.05, 0.1) is 17.7 Å². The minimum atomic E-state index is -4.08. The standard InChI is InChI=1S/C28H33N3O5S/c1-20-9-13-24(14-10-20)31(37(34,35)26-15-11-21(2)12-16-26)19-27(32)30(22(3)28(33)29-4)18-23-7-6-8-25(17-23)36-5/h6-17,22H,18-19H2,1-5H3,(H,29,33)/t22-/m1/s1. The van der Waals surface area contributed by atoms with Crippen molar-refractivity contribution in [1.29, 1.82) is 0 Å². The zero-order chi connectivity index (χ0) is 27.2. The van der Waals surface area contributed by atoms with E-state index in [0.717, 1.165) is 21.0 Å². The molecule has 196 valence electrons. The number of rotatable bonds is 10. The summed E-state index contributed by atoms with van der Waals surface area (Å²) in [6.45, 7) is 4.99. The molecular weight excluding hydrogens is 490 g/mol. The van der Waals surface area contributed by atoms with E-state index < -0.39 is 28.5 Å². The van der Waals surface area contributed by atoms with Crippen molar-refractivity contribution in [2.75, 3.05) is 25.0 Å². The molecule has 0 heterocycles. The highest BCUT2D eigenvalue weighted by Crippen LogP contribution is 2.25. The van der Waals surface area contributed by atoms with Crippen molar-refractivity contribution in [3.63, 3.8) is 0 Å². The first-order valence-corrected chi connectivity index (χ1v) is 13.3. The van der Waals surface area contributed by atoms with Gasteiger partial charge in [0.1, 0.15) is 18.3 Å². The van der Waals surface area contributed by atoms with Gasteiger partial charge in [-0.3, -0.25) is 13.9 Å². The van der Waals surface area contributed by atoms with Crippen molar-refractivity contribution >= 4 is 27.5 Å². The van der Waals surface area contributed by atoms with Crippen molar-refractivity contribution < 1.29 is 22.7 Å². The SMILES string of the molecule is CNC(=O)[C@@H](C)N(Cc1cccc(OC)c1)C(=O)CN(c1ccc(C)cc1)S(=O)(=O)c1ccc(C)cc1. The topological polar surface area (TPSA) is 96.0 Å². The molecule has 2 amide bonds. The van der Waals surface area contributed by atoms with E-state index in [-0.39, 0.29) is 17.3 Å². The molecule has 0 aromatic heterocycles. The van der Waals surface area contributed by atoms with Gasteiger partial charge in [-0.2, -0.15) is 0 Å². The highest BCUT2D eigenvalue weighted by atomic mass is 32.2. The molecule has 37 heavy (non-hydrogen) atoms. The molecule has 3 aromatic rings. The van der Waals surface area contributed by atoms with E-state index in [1.807, 2.05) is 19.9 Å². The van der Waals surface area contributed by atoms with Crippen molar-refractivity contribution in [1.82, 2.24) is 10.2 Å². The lowest BCUT2D eigenvalue weighted by Crippen LogP contribution is -2.50. The molecule has 0 spiro atoms. The fourth-order valence-corrected chi connectivity index (χ4v) is 5.25. The third-order valence-electron chi connectivity index (χ3n) is 6.11. The molecule has 0 aliphatic heterocycles. The molecule has 0 radical (unpaired) electrons. The average Bonchev–Trinajstić information content (AvgIpc) is 2.90. The fraction of sp³-hybridized carbons (Fsp3) is 0.286. The Labute approximate surface area is 218 Å². The van der Waals surface area contributed by atoms with Gasteiger partial charge in [-0.1, -0.05) is 47.5 Å². The summed E-state index contributed by atoms with van der Waals surface area (Å²) in [6, 6.07) is 19.7. The van der Waals surface area contributed by atoms with E-state index in [2.05, 4.69) is 5.32 Å². The van der Waals surface area contributed by atoms with E-state index in [0.29, 0.717) is 11.4 Å². The summed E-state index contributed by atoms with van der Waals surface area (Å²) >= 11 is 0. The number of anilines is 1. The second kappa shape index (κ2) is 11.9. The Bertz CT molecular complexity index is 1340. The smallest absolute Gasteiger partial charge is 0.264 e. The van der Waals surface area contributed by atoms with Crippen LogP contribution >= 0.6 is 0 Å². The quantitative estimate of drug-likeness (QED) is 0.438. The zero-order valence-corrected chi connectivity index (χ0v) is 22.6. The summed E-state index contributed by atoms with van der Waals surface area (Å²) in [6.07, 6.45) is 0. The predicted octanol–water partition coefficient (Wildman–Crippen LogP) is 3.67. The van der Waals surface area contributed by atoms with Crippen molar-refractivity contribution in [3.05, 3.63) is 89.5 Å². The molecule has 3 rings (SSSR count). The van der Waals surface area contributed by atoms with Crippen LogP contribution < -0.4 is 14.4 Å². The van der Waals surface area contributed by atoms with Crippen LogP contribution in [-0.4, -0.2) is 51.9 Å². The largest absolute Gasteiger partial charge is 0.497 e. The van der Waals surface area contributed by atoms with Crippen LogP contribution in [0, 0.1) is 13.8 Å². The van der Waals surface area contributed by atoms with Crippen LogP contribution in [0.15, 0.2) is 77.7 Å². The molecular formula is C28H33N3O5S. The maximum absolute atomic E-state index is 13.8. The number of carbonyl (C=O) groups is 2. The lowest BCUT2D eigenvalue weighted by atomic mass is 10.1. The molecule has 0 bridgehead atoms. The van der Waals surface area contributed by atoms with Crippen molar-refractivity contribution in [3.8, 4) is 5.75 Å². The monoisotopic (exact) mass is 523 g/mol. The van der Waals surface area contributed by atoms with Gasteiger partial charge in [0.25, 0.3) is 10.0 Å². The number of amides is 2. The zero-order valence-electron chi connectivity index (χ0n) is 21.8.